The van der Waals surface area contributed by atoms with Crippen molar-refractivity contribution in [2.24, 2.45) is 0 Å². The van der Waals surface area contributed by atoms with Gasteiger partial charge < -0.3 is 48.4 Å². The smallest absolute Gasteiger partial charge is 0.191 e. The molecular weight excluding hydrogens is 925 g/mol. The highest BCUT2D eigenvalue weighted by Crippen LogP contribution is 2.38. The molecule has 0 aliphatic heterocycles. The normalized spacial score (nSPS) is 12.5. The van der Waals surface area contributed by atoms with E-state index in [2.05, 4.69) is 96.5 Å². The van der Waals surface area contributed by atoms with Gasteiger partial charge in [0.15, 0.2) is 16.6 Å². The van der Waals surface area contributed by atoms with Crippen LogP contribution in [-0.4, -0.2) is 81.5 Å². The zero-order chi connectivity index (χ0) is 52.8. The summed E-state index contributed by atoms with van der Waals surface area (Å²) in [5, 5.41) is 3.95. The third kappa shape index (κ3) is 27.6. The standard InChI is InChI=1S/C28H43NO4Si.C18H30O3Si.C7H9NO.C4H8O.CH4.H2/c1-22(30)20-25(29-24-16-11-12-17-26(24)31-5)27(32-21-23-14-9-8-10-15-23)18-13-19-33-34(6,7)28(2,3)4;1-18(2,3)22(4,5)21-13-9-12-17(14-19)20-15-16-10-7-6-8-11-16;1-9-7-5-3-2-4-6(7)8;1-4(2)5-3;;/h8-12,14-17,25,27,29H,13,18-21H2,1-7H3;6-8,10-11,14,17H,9,12-13,15H2,1-5H3;2-5H,8H2,1H3;1H2,2-3H3;1H4;1H/t25-,27-;17-;;;;/m00..../s1/i;;;;;1+1. The highest BCUT2D eigenvalue weighted by atomic mass is 28.4. The van der Waals surface area contributed by atoms with Crippen LogP contribution >= 0.6 is 0 Å². The predicted molar refractivity (Wildman–Crippen MR) is 305 cm³/mol. The average molecular weight is 1020 g/mol. The van der Waals surface area contributed by atoms with Crippen LogP contribution in [0.1, 0.15) is 107 Å². The molecule has 0 spiro atoms. The lowest BCUT2D eigenvalue weighted by Gasteiger charge is -2.36. The number of ketones is 1. The molecule has 4 aromatic carbocycles. The van der Waals surface area contributed by atoms with Crippen LogP contribution in [0.4, 0.5) is 11.4 Å². The Hall–Kier alpha value is -4.77. The van der Waals surface area contributed by atoms with Crippen molar-refractivity contribution in [2.45, 2.75) is 163 Å². The molecule has 0 aliphatic carbocycles. The van der Waals surface area contributed by atoms with Crippen LogP contribution in [0.25, 0.3) is 0 Å². The maximum absolute atomic E-state index is 12.2. The number of anilines is 2. The molecule has 0 heterocycles. The van der Waals surface area contributed by atoms with Gasteiger partial charge in [-0.3, -0.25) is 4.79 Å². The van der Waals surface area contributed by atoms with Crippen LogP contribution < -0.4 is 20.5 Å². The Labute approximate surface area is 434 Å². The first-order valence-electron chi connectivity index (χ1n) is 24.4. The van der Waals surface area contributed by atoms with Crippen molar-refractivity contribution < 1.29 is 43.6 Å². The van der Waals surface area contributed by atoms with Crippen LogP contribution in [0, 0.1) is 0 Å². The predicted octanol–water partition coefficient (Wildman–Crippen LogP) is 14.7. The summed E-state index contributed by atoms with van der Waals surface area (Å²) in [6.45, 7) is 31.8. The summed E-state index contributed by atoms with van der Waals surface area (Å²) < 4.78 is 39.6. The highest BCUT2D eigenvalue weighted by molar-refractivity contribution is 6.74. The van der Waals surface area contributed by atoms with E-state index in [1.54, 1.807) is 41.2 Å². The van der Waals surface area contributed by atoms with Gasteiger partial charge in [0.2, 0.25) is 0 Å². The first kappa shape index (κ1) is 66.2. The number of ether oxygens (including phenoxy) is 5. The van der Waals surface area contributed by atoms with Crippen molar-refractivity contribution in [1.82, 2.24) is 0 Å². The van der Waals surface area contributed by atoms with Gasteiger partial charge in [0.25, 0.3) is 0 Å². The quantitative estimate of drug-likeness (QED) is 0.0216. The second-order valence-corrected chi connectivity index (χ2v) is 29.9. The van der Waals surface area contributed by atoms with Gasteiger partial charge >= 0.3 is 0 Å². The van der Waals surface area contributed by atoms with E-state index in [1.165, 1.54) is 0 Å². The van der Waals surface area contributed by atoms with Gasteiger partial charge in [-0.25, -0.2) is 0 Å². The number of rotatable bonds is 25. The number of para-hydroxylation sites is 4. The molecule has 0 saturated carbocycles. The molecule has 3 N–H and O–H groups in total. The van der Waals surface area contributed by atoms with Crippen LogP contribution in [0.5, 0.6) is 11.5 Å². The molecule has 0 saturated heterocycles. The Morgan fingerprint density at radius 2 is 1.10 bits per heavy atom. The summed E-state index contributed by atoms with van der Waals surface area (Å²) in [7, 11) is 1.37. The molecule has 400 valence electrons. The van der Waals surface area contributed by atoms with E-state index in [9.17, 15) is 9.59 Å². The van der Waals surface area contributed by atoms with E-state index >= 15 is 0 Å². The minimum absolute atomic E-state index is 0. The van der Waals surface area contributed by atoms with Crippen molar-refractivity contribution in [3.05, 3.63) is 133 Å². The summed E-state index contributed by atoms with van der Waals surface area (Å²) in [6.07, 6.45) is 4.00. The van der Waals surface area contributed by atoms with Gasteiger partial charge in [-0.1, -0.05) is 140 Å². The summed E-state index contributed by atoms with van der Waals surface area (Å²) in [4.78, 5) is 23.3. The third-order valence-corrected chi connectivity index (χ3v) is 21.5. The fourth-order valence-electron chi connectivity index (χ4n) is 6.02. The second kappa shape index (κ2) is 34.6. The number of Topliss-reactive ketones (excluding diaryl/α,β-unsaturated/α-hetero) is 1. The third-order valence-electron chi connectivity index (χ3n) is 12.5. The summed E-state index contributed by atoms with van der Waals surface area (Å²) in [6, 6.07) is 35.1. The number of benzene rings is 4. The number of hydrogen-bond acceptors (Lipinski definition) is 11. The molecule has 11 nitrogen and oxygen atoms in total. The zero-order valence-corrected chi connectivity index (χ0v) is 47.5. The largest absolute Gasteiger partial charge is 0.502 e. The molecule has 4 rings (SSSR count). The topological polar surface area (TPSA) is 137 Å². The van der Waals surface area contributed by atoms with Crippen LogP contribution in [0.3, 0.4) is 0 Å². The number of allylic oxidation sites excluding steroid dienone is 1. The molecule has 0 unspecified atom stereocenters. The maximum atomic E-state index is 12.2. The maximum Gasteiger partial charge on any atom is 0.191 e. The Bertz CT molecular complexity index is 2040. The summed E-state index contributed by atoms with van der Waals surface area (Å²) in [5.74, 6) is 2.36. The van der Waals surface area contributed by atoms with Gasteiger partial charge in [0, 0.05) is 21.1 Å². The molecule has 71 heavy (non-hydrogen) atoms. The average Bonchev–Trinajstić information content (AvgIpc) is 3.31. The van der Waals surface area contributed by atoms with E-state index in [-0.39, 0.29) is 43.0 Å². The fraction of sp³-hybridized carbons (Fsp3) is 0.517. The van der Waals surface area contributed by atoms with E-state index in [0.717, 1.165) is 59.6 Å². The Balaban J connectivity index is 0. The molecule has 0 aliphatic rings. The molecule has 0 amide bonds. The SMILES string of the molecule is C.C=C(C)OC.CC(C)(C)[Si](C)(C)OCCC[C@@H](C=O)OCc1ccccc1.COc1ccccc1N.COc1ccccc1N[C@@H](CC(C)=O)[C@H](CCCO[Si](C)(C)C(C)(C)C)OCc1ccccc1.[2HH]. The molecule has 13 heteroatoms. The molecule has 4 aromatic rings. The number of hydrogen-bond donors (Lipinski definition) is 2. The van der Waals surface area contributed by atoms with E-state index in [0.29, 0.717) is 45.0 Å². The van der Waals surface area contributed by atoms with Gasteiger partial charge in [0.05, 0.1) is 63.8 Å². The van der Waals surface area contributed by atoms with Gasteiger partial charge in [-0.15, -0.1) is 0 Å². The van der Waals surface area contributed by atoms with Crippen molar-refractivity contribution in [3.63, 3.8) is 0 Å². The second-order valence-electron chi connectivity index (χ2n) is 20.3. The Morgan fingerprint density at radius 1 is 0.676 bits per heavy atom. The molecule has 0 fully saturated rings. The lowest BCUT2D eigenvalue weighted by atomic mass is 10.00. The lowest BCUT2D eigenvalue weighted by Crippen LogP contribution is -2.41. The van der Waals surface area contributed by atoms with Crippen LogP contribution in [-0.2, 0) is 45.9 Å². The van der Waals surface area contributed by atoms with Crippen LogP contribution in [0.15, 0.2) is 122 Å². The van der Waals surface area contributed by atoms with Crippen molar-refractivity contribution >= 4 is 40.1 Å². The fourth-order valence-corrected chi connectivity index (χ4v) is 8.19. The zero-order valence-electron chi connectivity index (χ0n) is 45.5. The number of nitrogens with one attached hydrogen (secondary N) is 1. The van der Waals surface area contributed by atoms with Gasteiger partial charge in [-0.2, -0.15) is 0 Å². The first-order chi connectivity index (χ1) is 32.9. The Kier molecular flexibility index (Phi) is 32.3. The number of nitrogen functional groups attached to an aromatic ring is 1. The minimum atomic E-state index is -1.80. The lowest BCUT2D eigenvalue weighted by molar-refractivity contribution is -0.119. The van der Waals surface area contributed by atoms with Gasteiger partial charge in [0.1, 0.15) is 29.7 Å². The number of carbonyl (C=O) groups is 2. The van der Waals surface area contributed by atoms with E-state index in [4.69, 9.17) is 33.5 Å². The van der Waals surface area contributed by atoms with E-state index in [1.807, 2.05) is 91.0 Å². The molecule has 3 atom stereocenters. The molecule has 0 radical (unpaired) electrons. The van der Waals surface area contributed by atoms with E-state index < -0.39 is 16.6 Å². The number of aldehydes is 1. The monoisotopic (exact) mass is 1020 g/mol. The minimum Gasteiger partial charge on any atom is -0.502 e. The van der Waals surface area contributed by atoms with Crippen molar-refractivity contribution in [1.29, 1.82) is 0 Å². The summed E-state index contributed by atoms with van der Waals surface area (Å²) >= 11 is 0. The summed E-state index contributed by atoms with van der Waals surface area (Å²) in [5.41, 5.74) is 9.25. The van der Waals surface area contributed by atoms with Crippen LogP contribution in [0.2, 0.25) is 36.3 Å². The number of carbonyl (C=O) groups excluding carboxylic acids is 2. The van der Waals surface area contributed by atoms with Crippen molar-refractivity contribution in [2.75, 3.05) is 45.6 Å². The number of nitrogens with two attached hydrogens (primary N) is 1. The molecular formula is C58H96N2O9Si2. The highest BCUT2D eigenvalue weighted by Gasteiger charge is 2.38. The molecule has 0 bridgehead atoms. The molecule has 0 aromatic heterocycles. The number of methoxy groups -OCH3 is 3. The first-order valence-corrected chi connectivity index (χ1v) is 30.2. The van der Waals surface area contributed by atoms with Crippen molar-refractivity contribution in [3.8, 4) is 11.5 Å². The van der Waals surface area contributed by atoms with Gasteiger partial charge in [-0.05, 0) is 111 Å². The Morgan fingerprint density at radius 3 is 1.51 bits per heavy atom.